The predicted molar refractivity (Wildman–Crippen MR) is 97.5 cm³/mol. The molecule has 0 fully saturated rings. The highest BCUT2D eigenvalue weighted by atomic mass is 35.5. The lowest BCUT2D eigenvalue weighted by Crippen LogP contribution is -2.16. The lowest BCUT2D eigenvalue weighted by Gasteiger charge is -2.18. The number of halogens is 4. The number of H-pyrrole nitrogens is 1. The Kier molecular flexibility index (Phi) is 5.35. The molecule has 6 nitrogen and oxygen atoms in total. The zero-order valence-electron chi connectivity index (χ0n) is 14.6. The maximum Gasteiger partial charge on any atom is 0.194 e. The van der Waals surface area contributed by atoms with E-state index in [1.807, 2.05) is 0 Å². The fourth-order valence-electron chi connectivity index (χ4n) is 2.62. The van der Waals surface area contributed by atoms with Crippen LogP contribution in [0.15, 0.2) is 35.5 Å². The van der Waals surface area contributed by atoms with E-state index < -0.39 is 33.3 Å². The lowest BCUT2D eigenvalue weighted by molar-refractivity contribution is 0.573. The third-order valence-corrected chi connectivity index (χ3v) is 5.24. The highest BCUT2D eigenvalue weighted by Crippen LogP contribution is 2.29. The molecule has 2 N–H and O–H groups in total. The van der Waals surface area contributed by atoms with Crippen LogP contribution in [0.5, 0.6) is 0 Å². The minimum absolute atomic E-state index is 0.103. The number of anilines is 1. The Hall–Kier alpha value is -2.59. The van der Waals surface area contributed by atoms with Gasteiger partial charge in [0.05, 0.1) is 16.9 Å². The summed E-state index contributed by atoms with van der Waals surface area (Å²) in [6, 6.07) is 3.43. The highest BCUT2D eigenvalue weighted by molar-refractivity contribution is 7.90. The van der Waals surface area contributed by atoms with Crippen LogP contribution in [0.1, 0.15) is 23.1 Å². The summed E-state index contributed by atoms with van der Waals surface area (Å²) in [6.45, 7) is 1.51. The number of aromatic amines is 1. The van der Waals surface area contributed by atoms with Crippen molar-refractivity contribution in [2.24, 2.45) is 0 Å². The van der Waals surface area contributed by atoms with Gasteiger partial charge >= 0.3 is 0 Å². The van der Waals surface area contributed by atoms with Gasteiger partial charge in [-0.15, -0.1) is 0 Å². The summed E-state index contributed by atoms with van der Waals surface area (Å²) in [5.74, 6) is -2.70. The number of hydrogen-bond donors (Lipinski definition) is 2. The normalized spacial score (nSPS) is 12.8. The topological polar surface area (TPSA) is 87.7 Å². The first-order valence-corrected chi connectivity index (χ1v) is 10.1. The van der Waals surface area contributed by atoms with Crippen LogP contribution >= 0.6 is 11.6 Å². The summed E-state index contributed by atoms with van der Waals surface area (Å²) in [6.07, 6.45) is 1.81. The summed E-state index contributed by atoms with van der Waals surface area (Å²) < 4.78 is 64.6. The second kappa shape index (κ2) is 7.44. The Morgan fingerprint density at radius 2 is 1.89 bits per heavy atom. The molecule has 148 valence electrons. The molecule has 0 amide bonds. The van der Waals surface area contributed by atoms with E-state index in [-0.39, 0.29) is 27.4 Å². The molecule has 0 aliphatic heterocycles. The van der Waals surface area contributed by atoms with E-state index in [4.69, 9.17) is 11.6 Å². The number of sulfone groups is 1. The molecule has 0 aliphatic rings. The fraction of sp³-hybridized carbons (Fsp3) is 0.176. The van der Waals surface area contributed by atoms with Crippen molar-refractivity contribution in [3.63, 3.8) is 0 Å². The molecule has 0 saturated carbocycles. The molecule has 0 unspecified atom stereocenters. The Morgan fingerprint density at radius 1 is 1.18 bits per heavy atom. The SMILES string of the molecule is Cc1[nH]c([C@H](Nc2ncc(F)cc2F)c2ccc(F)c(Cl)c2)nc1S(C)(=O)=O. The highest BCUT2D eigenvalue weighted by Gasteiger charge is 2.25. The first-order valence-electron chi connectivity index (χ1n) is 7.85. The van der Waals surface area contributed by atoms with Crippen molar-refractivity contribution in [2.45, 2.75) is 18.0 Å². The molecule has 0 spiro atoms. The second-order valence-corrected chi connectivity index (χ2v) is 8.40. The van der Waals surface area contributed by atoms with Gasteiger partial charge in [0.2, 0.25) is 0 Å². The summed E-state index contributed by atoms with van der Waals surface area (Å²) in [4.78, 5) is 10.6. The number of aryl methyl sites for hydroxylation is 1. The van der Waals surface area contributed by atoms with Gasteiger partial charge in [0.15, 0.2) is 26.5 Å². The molecule has 3 aromatic rings. The number of imidazole rings is 1. The van der Waals surface area contributed by atoms with E-state index in [2.05, 4.69) is 20.3 Å². The predicted octanol–water partition coefficient (Wildman–Crippen LogP) is 3.79. The number of nitrogens with zero attached hydrogens (tertiary/aromatic N) is 2. The Labute approximate surface area is 163 Å². The average Bonchev–Trinajstić information content (AvgIpc) is 2.99. The average molecular weight is 431 g/mol. The summed E-state index contributed by atoms with van der Waals surface area (Å²) in [5, 5.41) is 2.35. The number of benzene rings is 1. The van der Waals surface area contributed by atoms with Gasteiger partial charge in [-0.25, -0.2) is 31.6 Å². The van der Waals surface area contributed by atoms with Crippen LogP contribution in [-0.4, -0.2) is 29.6 Å². The van der Waals surface area contributed by atoms with Crippen LogP contribution < -0.4 is 5.32 Å². The number of nitrogens with one attached hydrogen (secondary N) is 2. The number of pyridine rings is 1. The molecule has 0 saturated heterocycles. The molecule has 1 atom stereocenters. The third kappa shape index (κ3) is 4.12. The summed E-state index contributed by atoms with van der Waals surface area (Å²) in [5.41, 5.74) is 0.621. The standard InChI is InChI=1S/C17H14ClF3N4O2S/c1-8-17(28(2,26)27)25-16(23-8)14(9-3-4-12(20)11(18)5-9)24-15-13(21)6-10(19)7-22-15/h3-7,14H,1-2H3,(H,22,24)(H,23,25)/t14-/m1/s1. The van der Waals surface area contributed by atoms with Gasteiger partial charge in [-0.2, -0.15) is 0 Å². The molecular formula is C17H14ClF3N4O2S. The Morgan fingerprint density at radius 3 is 2.46 bits per heavy atom. The maximum atomic E-state index is 14.1. The van der Waals surface area contributed by atoms with Crippen molar-refractivity contribution in [3.05, 3.63) is 70.0 Å². The molecule has 2 heterocycles. The molecule has 2 aromatic heterocycles. The maximum absolute atomic E-state index is 14.1. The second-order valence-electron chi connectivity index (χ2n) is 6.06. The Balaban J connectivity index is 2.13. The van der Waals surface area contributed by atoms with Gasteiger partial charge < -0.3 is 10.3 Å². The first-order chi connectivity index (χ1) is 13.1. The molecule has 28 heavy (non-hydrogen) atoms. The van der Waals surface area contributed by atoms with Crippen molar-refractivity contribution in [1.29, 1.82) is 0 Å². The van der Waals surface area contributed by atoms with Crippen molar-refractivity contribution in [2.75, 3.05) is 11.6 Å². The van der Waals surface area contributed by atoms with E-state index in [1.54, 1.807) is 0 Å². The molecule has 3 rings (SSSR count). The van der Waals surface area contributed by atoms with Gasteiger partial charge in [0.1, 0.15) is 23.5 Å². The van der Waals surface area contributed by atoms with E-state index in [0.717, 1.165) is 18.5 Å². The number of rotatable bonds is 5. The van der Waals surface area contributed by atoms with Gasteiger partial charge in [0.25, 0.3) is 0 Å². The van der Waals surface area contributed by atoms with Crippen LogP contribution in [0.3, 0.4) is 0 Å². The van der Waals surface area contributed by atoms with Gasteiger partial charge in [0, 0.05) is 12.3 Å². The summed E-state index contributed by atoms with van der Waals surface area (Å²) >= 11 is 5.84. The van der Waals surface area contributed by atoms with E-state index in [9.17, 15) is 21.6 Å². The molecule has 0 radical (unpaired) electrons. The lowest BCUT2D eigenvalue weighted by atomic mass is 10.1. The van der Waals surface area contributed by atoms with Crippen LogP contribution in [0.25, 0.3) is 0 Å². The summed E-state index contributed by atoms with van der Waals surface area (Å²) in [7, 11) is -3.63. The zero-order chi connectivity index (χ0) is 20.6. The van der Waals surface area contributed by atoms with Gasteiger partial charge in [-0.3, -0.25) is 0 Å². The van der Waals surface area contributed by atoms with E-state index in [0.29, 0.717) is 11.6 Å². The Bertz CT molecular complexity index is 1150. The van der Waals surface area contributed by atoms with E-state index in [1.165, 1.54) is 19.1 Å². The monoisotopic (exact) mass is 430 g/mol. The number of aromatic nitrogens is 3. The van der Waals surface area contributed by atoms with E-state index >= 15 is 0 Å². The quantitative estimate of drug-likeness (QED) is 0.643. The minimum Gasteiger partial charge on any atom is -0.354 e. The molecule has 0 aliphatic carbocycles. The minimum atomic E-state index is -3.63. The molecule has 0 bridgehead atoms. The van der Waals surface area contributed by atoms with Gasteiger partial charge in [-0.1, -0.05) is 17.7 Å². The first kappa shape index (κ1) is 20.2. The third-order valence-electron chi connectivity index (χ3n) is 3.85. The van der Waals surface area contributed by atoms with Crippen LogP contribution in [0.4, 0.5) is 19.0 Å². The number of hydrogen-bond acceptors (Lipinski definition) is 5. The van der Waals surface area contributed by atoms with Gasteiger partial charge in [-0.05, 0) is 24.6 Å². The fourth-order valence-corrected chi connectivity index (χ4v) is 3.68. The van der Waals surface area contributed by atoms with Crippen LogP contribution in [-0.2, 0) is 9.84 Å². The zero-order valence-corrected chi connectivity index (χ0v) is 16.2. The molecular weight excluding hydrogens is 417 g/mol. The smallest absolute Gasteiger partial charge is 0.194 e. The van der Waals surface area contributed by atoms with Crippen molar-refractivity contribution >= 4 is 27.3 Å². The van der Waals surface area contributed by atoms with Crippen LogP contribution in [0, 0.1) is 24.4 Å². The largest absolute Gasteiger partial charge is 0.354 e. The van der Waals surface area contributed by atoms with Crippen molar-refractivity contribution < 1.29 is 21.6 Å². The van der Waals surface area contributed by atoms with Crippen LogP contribution in [0.2, 0.25) is 5.02 Å². The van der Waals surface area contributed by atoms with Crippen molar-refractivity contribution in [3.8, 4) is 0 Å². The molecule has 1 aromatic carbocycles. The van der Waals surface area contributed by atoms with Crippen molar-refractivity contribution in [1.82, 2.24) is 15.0 Å². The molecule has 11 heteroatoms.